The zero-order valence-corrected chi connectivity index (χ0v) is 13.7. The van der Waals surface area contributed by atoms with Crippen molar-refractivity contribution >= 4 is 5.97 Å². The Kier molecular flexibility index (Phi) is 4.51. The van der Waals surface area contributed by atoms with Crippen molar-refractivity contribution < 1.29 is 9.90 Å². The molecule has 2 unspecified atom stereocenters. The fourth-order valence-electron chi connectivity index (χ4n) is 4.73. The Hall–Kier alpha value is -0.530. The summed E-state index contributed by atoms with van der Waals surface area (Å²) in [5, 5.41) is 9.92. The fourth-order valence-corrected chi connectivity index (χ4v) is 4.73. The van der Waals surface area contributed by atoms with E-state index >= 15 is 0 Å². The molecule has 0 bridgehead atoms. The first kappa shape index (κ1) is 15.9. The first-order valence-corrected chi connectivity index (χ1v) is 8.49. The van der Waals surface area contributed by atoms with Crippen molar-refractivity contribution in [2.24, 2.45) is 28.6 Å². The number of carboxylic acids is 1. The summed E-state index contributed by atoms with van der Waals surface area (Å²) in [5.41, 5.74) is -0.0824. The van der Waals surface area contributed by atoms with Crippen molar-refractivity contribution in [2.75, 3.05) is 0 Å². The van der Waals surface area contributed by atoms with Crippen molar-refractivity contribution in [3.05, 3.63) is 0 Å². The molecular weight excluding hydrogens is 248 g/mol. The Bertz CT molecular complexity index is 345. The smallest absolute Gasteiger partial charge is 0.309 e. The van der Waals surface area contributed by atoms with Gasteiger partial charge in [0.1, 0.15) is 0 Å². The third-order valence-electron chi connectivity index (χ3n) is 6.25. The van der Waals surface area contributed by atoms with Crippen molar-refractivity contribution in [3.8, 4) is 0 Å². The minimum atomic E-state index is -0.510. The fraction of sp³-hybridized carbons (Fsp3) is 0.944. The second-order valence-electron chi connectivity index (χ2n) is 8.57. The van der Waals surface area contributed by atoms with Crippen LogP contribution in [-0.2, 0) is 4.79 Å². The molecule has 0 radical (unpaired) electrons. The van der Waals surface area contributed by atoms with E-state index < -0.39 is 11.4 Å². The van der Waals surface area contributed by atoms with Gasteiger partial charge in [-0.3, -0.25) is 4.79 Å². The van der Waals surface area contributed by atoms with Gasteiger partial charge in [0.25, 0.3) is 0 Å². The first-order valence-electron chi connectivity index (χ1n) is 8.49. The van der Waals surface area contributed by atoms with Crippen LogP contribution in [0.4, 0.5) is 0 Å². The van der Waals surface area contributed by atoms with E-state index in [2.05, 4.69) is 27.7 Å². The number of hydrogen-bond acceptors (Lipinski definition) is 1. The second kappa shape index (κ2) is 5.69. The van der Waals surface area contributed by atoms with Gasteiger partial charge in [-0.25, -0.2) is 0 Å². The predicted molar refractivity (Wildman–Crippen MR) is 82.6 cm³/mol. The van der Waals surface area contributed by atoms with Crippen molar-refractivity contribution in [3.63, 3.8) is 0 Å². The van der Waals surface area contributed by atoms with Crippen LogP contribution in [0.15, 0.2) is 0 Å². The van der Waals surface area contributed by atoms with Crippen LogP contribution < -0.4 is 0 Å². The Morgan fingerprint density at radius 2 is 1.70 bits per heavy atom. The summed E-state index contributed by atoms with van der Waals surface area (Å²) in [5.74, 6) is 1.31. The summed E-state index contributed by atoms with van der Waals surface area (Å²) < 4.78 is 0. The maximum Gasteiger partial charge on any atom is 0.309 e. The van der Waals surface area contributed by atoms with E-state index in [1.807, 2.05) is 0 Å². The largest absolute Gasteiger partial charge is 0.481 e. The number of rotatable bonds is 2. The average molecular weight is 280 g/mol. The summed E-state index contributed by atoms with van der Waals surface area (Å²) >= 11 is 0. The van der Waals surface area contributed by atoms with Crippen LogP contribution in [0.2, 0.25) is 0 Å². The summed E-state index contributed by atoms with van der Waals surface area (Å²) in [7, 11) is 0. The van der Waals surface area contributed by atoms with E-state index in [1.165, 1.54) is 12.8 Å². The minimum absolute atomic E-state index is 0.324. The molecule has 0 aromatic heterocycles. The van der Waals surface area contributed by atoms with Crippen LogP contribution in [0.1, 0.15) is 79.1 Å². The molecule has 1 N–H and O–H groups in total. The SMILES string of the molecule is CC1CCCC(C2(C(=O)O)CCC(C(C)(C)C)CC2)C1. The summed E-state index contributed by atoms with van der Waals surface area (Å²) in [6.45, 7) is 9.19. The second-order valence-corrected chi connectivity index (χ2v) is 8.57. The number of hydrogen-bond donors (Lipinski definition) is 1. The summed E-state index contributed by atoms with van der Waals surface area (Å²) in [6.07, 6.45) is 8.79. The van der Waals surface area contributed by atoms with Crippen LogP contribution in [0.3, 0.4) is 0 Å². The van der Waals surface area contributed by atoms with Crippen LogP contribution in [-0.4, -0.2) is 11.1 Å². The van der Waals surface area contributed by atoms with Gasteiger partial charge in [-0.15, -0.1) is 0 Å². The lowest BCUT2D eigenvalue weighted by Gasteiger charge is -2.47. The molecule has 2 rings (SSSR count). The van der Waals surface area contributed by atoms with Gasteiger partial charge in [-0.1, -0.05) is 40.5 Å². The highest BCUT2D eigenvalue weighted by atomic mass is 16.4. The highest BCUT2D eigenvalue weighted by Crippen LogP contribution is 2.53. The lowest BCUT2D eigenvalue weighted by molar-refractivity contribution is -0.158. The Morgan fingerprint density at radius 1 is 1.10 bits per heavy atom. The standard InChI is InChI=1S/C18H32O2/c1-13-6-5-7-15(12-13)18(16(19)20)10-8-14(9-11-18)17(2,3)4/h13-15H,5-12H2,1-4H3,(H,19,20). The van der Waals surface area contributed by atoms with E-state index in [9.17, 15) is 9.90 Å². The van der Waals surface area contributed by atoms with Crippen LogP contribution >= 0.6 is 0 Å². The van der Waals surface area contributed by atoms with Crippen molar-refractivity contribution in [1.82, 2.24) is 0 Å². The summed E-state index contributed by atoms with van der Waals surface area (Å²) in [4.78, 5) is 12.0. The molecule has 2 heteroatoms. The molecular formula is C18H32O2. The number of aliphatic carboxylic acids is 1. The molecule has 0 saturated heterocycles. The van der Waals surface area contributed by atoms with Crippen molar-refractivity contribution in [1.29, 1.82) is 0 Å². The lowest BCUT2D eigenvalue weighted by Crippen LogP contribution is -2.45. The Labute approximate surface area is 124 Å². The molecule has 2 nitrogen and oxygen atoms in total. The molecule has 116 valence electrons. The minimum Gasteiger partial charge on any atom is -0.481 e. The van der Waals surface area contributed by atoms with Gasteiger partial charge in [0.05, 0.1) is 5.41 Å². The maximum atomic E-state index is 12.0. The van der Waals surface area contributed by atoms with Gasteiger partial charge in [0.2, 0.25) is 0 Å². The molecule has 2 atom stereocenters. The highest BCUT2D eigenvalue weighted by Gasteiger charge is 2.49. The Morgan fingerprint density at radius 3 is 2.15 bits per heavy atom. The molecule has 2 aliphatic rings. The van der Waals surface area contributed by atoms with Crippen LogP contribution in [0, 0.1) is 28.6 Å². The van der Waals surface area contributed by atoms with Crippen molar-refractivity contribution in [2.45, 2.75) is 79.1 Å². The first-order chi connectivity index (χ1) is 9.25. The third kappa shape index (κ3) is 3.04. The van der Waals surface area contributed by atoms with E-state index in [0.29, 0.717) is 23.2 Å². The molecule has 0 aliphatic heterocycles. The average Bonchev–Trinajstić information content (AvgIpc) is 2.37. The van der Waals surface area contributed by atoms with E-state index in [1.54, 1.807) is 0 Å². The molecule has 0 heterocycles. The van der Waals surface area contributed by atoms with Gasteiger partial charge in [0.15, 0.2) is 0 Å². The highest BCUT2D eigenvalue weighted by molar-refractivity contribution is 5.75. The number of carbonyl (C=O) groups is 1. The van der Waals surface area contributed by atoms with Gasteiger partial charge in [-0.05, 0) is 61.7 Å². The van der Waals surface area contributed by atoms with Gasteiger partial charge >= 0.3 is 5.97 Å². The van der Waals surface area contributed by atoms with Gasteiger partial charge in [0, 0.05) is 0 Å². The molecule has 2 aliphatic carbocycles. The van der Waals surface area contributed by atoms with Crippen LogP contribution in [0.25, 0.3) is 0 Å². The monoisotopic (exact) mass is 280 g/mol. The molecule has 0 aromatic rings. The summed E-state index contributed by atoms with van der Waals surface area (Å²) in [6, 6.07) is 0. The Balaban J connectivity index is 2.11. The topological polar surface area (TPSA) is 37.3 Å². The molecule has 20 heavy (non-hydrogen) atoms. The predicted octanol–water partition coefficient (Wildman–Crippen LogP) is 5.12. The molecule has 0 aromatic carbocycles. The van der Waals surface area contributed by atoms with E-state index in [-0.39, 0.29) is 0 Å². The van der Waals surface area contributed by atoms with Gasteiger partial charge < -0.3 is 5.11 Å². The van der Waals surface area contributed by atoms with Crippen LogP contribution in [0.5, 0.6) is 0 Å². The third-order valence-corrected chi connectivity index (χ3v) is 6.25. The normalized spacial score (nSPS) is 39.5. The number of carboxylic acid groups (broad SMARTS) is 1. The van der Waals surface area contributed by atoms with Gasteiger partial charge in [-0.2, -0.15) is 0 Å². The lowest BCUT2D eigenvalue weighted by atomic mass is 9.56. The molecule has 2 fully saturated rings. The maximum absolute atomic E-state index is 12.0. The molecule has 0 spiro atoms. The van der Waals surface area contributed by atoms with E-state index in [4.69, 9.17) is 0 Å². The molecule has 2 saturated carbocycles. The quantitative estimate of drug-likeness (QED) is 0.762. The zero-order valence-electron chi connectivity index (χ0n) is 13.7. The zero-order chi connectivity index (χ0) is 15.0. The molecule has 0 amide bonds. The van der Waals surface area contributed by atoms with E-state index in [0.717, 1.165) is 38.5 Å².